The van der Waals surface area contributed by atoms with Gasteiger partial charge in [0.15, 0.2) is 0 Å². The van der Waals surface area contributed by atoms with Crippen LogP contribution in [0.15, 0.2) is 60.8 Å². The summed E-state index contributed by atoms with van der Waals surface area (Å²) in [7, 11) is 0. The van der Waals surface area contributed by atoms with Gasteiger partial charge in [-0.15, -0.1) is 5.10 Å². The molecule has 0 radical (unpaired) electrons. The van der Waals surface area contributed by atoms with Crippen LogP contribution < -0.4 is 5.32 Å². The van der Waals surface area contributed by atoms with Crippen molar-refractivity contribution >= 4 is 11.8 Å². The monoisotopic (exact) mass is 467 g/mol. The molecule has 1 aromatic carbocycles. The van der Waals surface area contributed by atoms with Gasteiger partial charge in [0.2, 0.25) is 0 Å². The average molecular weight is 468 g/mol. The number of hydrogen-bond acceptors (Lipinski definition) is 7. The van der Waals surface area contributed by atoms with Gasteiger partial charge in [-0.2, -0.15) is 5.26 Å². The molecule has 4 aromatic rings. The van der Waals surface area contributed by atoms with E-state index in [9.17, 15) is 10.1 Å². The lowest BCUT2D eigenvalue weighted by Gasteiger charge is -2.18. The molecule has 35 heavy (non-hydrogen) atoms. The molecule has 0 fully saturated rings. The number of aromatic nitrogens is 5. The Hall–Kier alpha value is -4.58. The van der Waals surface area contributed by atoms with Crippen molar-refractivity contribution in [3.8, 4) is 28.6 Å². The molecule has 0 atom stereocenters. The molecule has 0 bridgehead atoms. The van der Waals surface area contributed by atoms with E-state index >= 15 is 0 Å². The first-order valence-electron chi connectivity index (χ1n) is 11.1. The van der Waals surface area contributed by atoms with Crippen LogP contribution in [0, 0.1) is 11.3 Å². The number of rotatable bonds is 7. The molecule has 0 spiro atoms. The minimum Gasteiger partial charge on any atom is -0.480 e. The Morgan fingerprint density at radius 2 is 1.86 bits per heavy atom. The van der Waals surface area contributed by atoms with Crippen LogP contribution in [0.2, 0.25) is 0 Å². The van der Waals surface area contributed by atoms with Gasteiger partial charge in [0.05, 0.1) is 35.8 Å². The van der Waals surface area contributed by atoms with Crippen molar-refractivity contribution in [3.63, 3.8) is 0 Å². The molecule has 0 aliphatic heterocycles. The van der Waals surface area contributed by atoms with E-state index in [2.05, 4.69) is 47.5 Å². The van der Waals surface area contributed by atoms with Gasteiger partial charge in [-0.05, 0) is 36.4 Å². The van der Waals surface area contributed by atoms with Crippen molar-refractivity contribution in [2.75, 3.05) is 11.9 Å². The van der Waals surface area contributed by atoms with E-state index in [4.69, 9.17) is 10.1 Å². The quantitative estimate of drug-likeness (QED) is 0.415. The molecule has 0 saturated heterocycles. The molecule has 176 valence electrons. The maximum atomic E-state index is 11.1. The maximum Gasteiger partial charge on any atom is 0.322 e. The molecule has 0 aliphatic carbocycles. The van der Waals surface area contributed by atoms with Crippen LogP contribution in [0.25, 0.3) is 22.5 Å². The standard InChI is InChI=1S/C26H25N7O2/c1-26(2,3)23-9-5-8-20(29-23)15-33-16-22(31-32-33)19-11-21(18-7-4-6-17(10-18)13-27)30-24(12-19)28-14-25(34)35/h4-12,16H,14-15H2,1-3H3,(H,28,30)(H,34,35). The number of nitriles is 1. The molecule has 3 aromatic heterocycles. The summed E-state index contributed by atoms with van der Waals surface area (Å²) in [6, 6.07) is 18.7. The molecular weight excluding hydrogens is 442 g/mol. The van der Waals surface area contributed by atoms with Crippen LogP contribution in [-0.2, 0) is 16.8 Å². The highest BCUT2D eigenvalue weighted by molar-refractivity contribution is 5.75. The van der Waals surface area contributed by atoms with Crippen molar-refractivity contribution in [1.29, 1.82) is 5.26 Å². The van der Waals surface area contributed by atoms with E-state index in [1.807, 2.05) is 36.5 Å². The van der Waals surface area contributed by atoms with Crippen LogP contribution in [-0.4, -0.2) is 42.6 Å². The van der Waals surface area contributed by atoms with Crippen molar-refractivity contribution in [3.05, 3.63) is 77.7 Å². The highest BCUT2D eigenvalue weighted by Crippen LogP contribution is 2.27. The number of nitrogens with zero attached hydrogens (tertiary/aromatic N) is 6. The van der Waals surface area contributed by atoms with Gasteiger partial charge in [-0.3, -0.25) is 9.78 Å². The largest absolute Gasteiger partial charge is 0.480 e. The fourth-order valence-corrected chi connectivity index (χ4v) is 3.49. The second-order valence-corrected chi connectivity index (χ2v) is 9.13. The van der Waals surface area contributed by atoms with Crippen molar-refractivity contribution in [2.45, 2.75) is 32.7 Å². The first-order chi connectivity index (χ1) is 16.7. The molecular formula is C26H25N7O2. The fourth-order valence-electron chi connectivity index (χ4n) is 3.49. The zero-order valence-corrected chi connectivity index (χ0v) is 19.7. The number of carbonyl (C=O) groups is 1. The molecule has 0 aliphatic rings. The lowest BCUT2D eigenvalue weighted by atomic mass is 9.91. The van der Waals surface area contributed by atoms with Crippen LogP contribution in [0.5, 0.6) is 0 Å². The Morgan fingerprint density at radius 3 is 2.60 bits per heavy atom. The lowest BCUT2D eigenvalue weighted by Crippen LogP contribution is -2.15. The molecule has 0 unspecified atom stereocenters. The summed E-state index contributed by atoms with van der Waals surface area (Å²) in [4.78, 5) is 20.4. The molecule has 0 saturated carbocycles. The molecule has 2 N–H and O–H groups in total. The minimum atomic E-state index is -0.999. The van der Waals surface area contributed by atoms with Crippen LogP contribution in [0.3, 0.4) is 0 Å². The van der Waals surface area contributed by atoms with Crippen molar-refractivity contribution in [2.24, 2.45) is 0 Å². The van der Waals surface area contributed by atoms with Gasteiger partial charge < -0.3 is 10.4 Å². The van der Waals surface area contributed by atoms with Crippen molar-refractivity contribution in [1.82, 2.24) is 25.0 Å². The second kappa shape index (κ2) is 9.73. The van der Waals surface area contributed by atoms with Crippen LogP contribution in [0.4, 0.5) is 5.82 Å². The number of carboxylic acids is 1. The highest BCUT2D eigenvalue weighted by Gasteiger charge is 2.16. The van der Waals surface area contributed by atoms with Gasteiger partial charge in [-0.25, -0.2) is 9.67 Å². The third-order valence-electron chi connectivity index (χ3n) is 5.27. The Balaban J connectivity index is 1.67. The summed E-state index contributed by atoms with van der Waals surface area (Å²) >= 11 is 0. The average Bonchev–Trinajstić information content (AvgIpc) is 3.31. The Labute approximate surface area is 203 Å². The molecule has 9 nitrogen and oxygen atoms in total. The van der Waals surface area contributed by atoms with E-state index in [1.165, 1.54) is 0 Å². The summed E-state index contributed by atoms with van der Waals surface area (Å²) in [6.07, 6.45) is 1.82. The Bertz CT molecular complexity index is 1410. The minimum absolute atomic E-state index is 0.0564. The summed E-state index contributed by atoms with van der Waals surface area (Å²) in [5, 5.41) is 29.7. The number of aliphatic carboxylic acids is 1. The maximum absolute atomic E-state index is 11.1. The molecule has 0 amide bonds. The van der Waals surface area contributed by atoms with Gasteiger partial charge >= 0.3 is 5.97 Å². The number of nitrogens with one attached hydrogen (secondary N) is 1. The topological polar surface area (TPSA) is 130 Å². The third-order valence-corrected chi connectivity index (χ3v) is 5.27. The number of benzene rings is 1. The van der Waals surface area contributed by atoms with E-state index in [0.29, 0.717) is 34.9 Å². The molecule has 9 heteroatoms. The summed E-state index contributed by atoms with van der Waals surface area (Å²) in [6.45, 7) is 6.54. The van der Waals surface area contributed by atoms with Gasteiger partial charge in [0.1, 0.15) is 18.1 Å². The van der Waals surface area contributed by atoms with E-state index in [0.717, 1.165) is 17.0 Å². The summed E-state index contributed by atoms with van der Waals surface area (Å²) < 4.78 is 1.71. The Kier molecular flexibility index (Phi) is 6.55. The van der Waals surface area contributed by atoms with Crippen LogP contribution >= 0.6 is 0 Å². The lowest BCUT2D eigenvalue weighted by molar-refractivity contribution is -0.134. The first kappa shape index (κ1) is 23.6. The third kappa shape index (κ3) is 5.86. The smallest absolute Gasteiger partial charge is 0.322 e. The SMILES string of the molecule is CC(C)(C)c1cccc(Cn2cc(-c3cc(NCC(=O)O)nc(-c4cccc(C#N)c4)c3)nn2)n1. The van der Waals surface area contributed by atoms with Gasteiger partial charge in [0, 0.05) is 22.2 Å². The predicted molar refractivity (Wildman–Crippen MR) is 132 cm³/mol. The molecule has 3 heterocycles. The van der Waals surface area contributed by atoms with Gasteiger partial charge in [-0.1, -0.05) is 44.2 Å². The number of hydrogen-bond donors (Lipinski definition) is 2. The number of anilines is 1. The molecule has 4 rings (SSSR count). The van der Waals surface area contributed by atoms with E-state index < -0.39 is 5.97 Å². The number of carboxylic acid groups (broad SMARTS) is 1. The zero-order chi connectivity index (χ0) is 25.0. The number of pyridine rings is 2. The van der Waals surface area contributed by atoms with Gasteiger partial charge in [0.25, 0.3) is 0 Å². The summed E-state index contributed by atoms with van der Waals surface area (Å²) in [5.74, 6) is -0.613. The van der Waals surface area contributed by atoms with E-state index in [1.54, 1.807) is 28.9 Å². The van der Waals surface area contributed by atoms with Crippen LogP contribution in [0.1, 0.15) is 37.7 Å². The first-order valence-corrected chi connectivity index (χ1v) is 11.1. The second-order valence-electron chi connectivity index (χ2n) is 9.13. The van der Waals surface area contributed by atoms with E-state index in [-0.39, 0.29) is 12.0 Å². The predicted octanol–water partition coefficient (Wildman–Crippen LogP) is 4.12. The summed E-state index contributed by atoms with van der Waals surface area (Å²) in [5.41, 5.74) is 4.97. The van der Waals surface area contributed by atoms with Crippen molar-refractivity contribution < 1.29 is 9.90 Å². The Morgan fingerprint density at radius 1 is 1.06 bits per heavy atom. The fraction of sp³-hybridized carbons (Fsp3) is 0.231. The normalized spacial score (nSPS) is 11.1. The highest BCUT2D eigenvalue weighted by atomic mass is 16.4. The zero-order valence-electron chi connectivity index (χ0n) is 19.7.